The van der Waals surface area contributed by atoms with E-state index in [4.69, 9.17) is 11.6 Å². The number of hydrogen-bond acceptors (Lipinski definition) is 6. The van der Waals surface area contributed by atoms with Gasteiger partial charge in [0.1, 0.15) is 5.82 Å². The van der Waals surface area contributed by atoms with E-state index in [1.54, 1.807) is 35.2 Å². The number of hydrazone groups is 1. The second-order valence-corrected chi connectivity index (χ2v) is 7.65. The molecule has 0 spiro atoms. The summed E-state index contributed by atoms with van der Waals surface area (Å²) in [4.78, 5) is 22.2. The molecule has 2 rings (SSSR count). The van der Waals surface area contributed by atoms with Gasteiger partial charge in [0, 0.05) is 37.6 Å². The van der Waals surface area contributed by atoms with E-state index in [9.17, 15) is 18.0 Å². The maximum Gasteiger partial charge on any atom is 0.434 e. The Morgan fingerprint density at radius 1 is 1.29 bits per heavy atom. The Kier molecular flexibility index (Phi) is 9.69. The number of carbonyl (C=O) groups is 1. The van der Waals surface area contributed by atoms with Crippen LogP contribution in [0.25, 0.3) is 0 Å². The molecule has 7 nitrogen and oxygen atoms in total. The highest BCUT2D eigenvalue weighted by molar-refractivity contribution is 6.31. The first-order chi connectivity index (χ1) is 16.1. The van der Waals surface area contributed by atoms with Gasteiger partial charge in [-0.1, -0.05) is 30.4 Å². The van der Waals surface area contributed by atoms with E-state index in [1.807, 2.05) is 20.8 Å². The first-order valence-corrected chi connectivity index (χ1v) is 10.9. The number of aromatic nitrogens is 2. The number of nitrogens with zero attached hydrogens (tertiary/aromatic N) is 5. The van der Waals surface area contributed by atoms with Crippen LogP contribution in [-0.2, 0) is 6.18 Å². The highest BCUT2D eigenvalue weighted by atomic mass is 35.5. The van der Waals surface area contributed by atoms with E-state index in [0.29, 0.717) is 35.4 Å². The maximum absolute atomic E-state index is 13.4. The molecule has 0 unspecified atom stereocenters. The summed E-state index contributed by atoms with van der Waals surface area (Å²) in [7, 11) is 1.70. The van der Waals surface area contributed by atoms with Crippen molar-refractivity contribution in [3.63, 3.8) is 0 Å². The number of benzene rings is 1. The second-order valence-electron chi connectivity index (χ2n) is 7.21. The van der Waals surface area contributed by atoms with Crippen LogP contribution in [0.5, 0.6) is 0 Å². The summed E-state index contributed by atoms with van der Waals surface area (Å²) in [5.74, 6) is 5.60. The third-order valence-electron chi connectivity index (χ3n) is 4.77. The van der Waals surface area contributed by atoms with Gasteiger partial charge in [-0.15, -0.1) is 0 Å². The average molecular weight is 495 g/mol. The molecule has 1 aromatic carbocycles. The molecule has 0 radical (unpaired) electrons. The molecule has 0 aliphatic carbocycles. The predicted octanol–water partition coefficient (Wildman–Crippen LogP) is 4.95. The topological polar surface area (TPSA) is 73.7 Å². The van der Waals surface area contributed by atoms with Crippen molar-refractivity contribution in [2.24, 2.45) is 5.10 Å². The van der Waals surface area contributed by atoms with Crippen molar-refractivity contribution < 1.29 is 18.0 Å². The van der Waals surface area contributed by atoms with Crippen LogP contribution >= 0.6 is 11.6 Å². The zero-order valence-electron chi connectivity index (χ0n) is 19.3. The summed E-state index contributed by atoms with van der Waals surface area (Å²) >= 11 is 6.17. The molecule has 0 bridgehead atoms. The molecule has 1 atom stereocenters. The Morgan fingerprint density at radius 2 is 2.03 bits per heavy atom. The maximum atomic E-state index is 13.4. The molecule has 1 heterocycles. The smallest absolute Gasteiger partial charge is 0.367 e. The molecule has 1 amide bonds. The van der Waals surface area contributed by atoms with Crippen molar-refractivity contribution >= 4 is 35.2 Å². The third-order valence-corrected chi connectivity index (χ3v) is 5.00. The number of nitrogens with one attached hydrogen (secondary N) is 1. The van der Waals surface area contributed by atoms with Crippen LogP contribution in [0.2, 0.25) is 5.02 Å². The lowest BCUT2D eigenvalue weighted by atomic mass is 10.1. The second kappa shape index (κ2) is 12.2. The summed E-state index contributed by atoms with van der Waals surface area (Å²) in [6.45, 7) is 6.22. The van der Waals surface area contributed by atoms with Gasteiger partial charge in [0.15, 0.2) is 5.69 Å². The molecule has 34 heavy (non-hydrogen) atoms. The molecule has 0 aliphatic rings. The largest absolute Gasteiger partial charge is 0.434 e. The summed E-state index contributed by atoms with van der Waals surface area (Å²) < 4.78 is 38.0. The average Bonchev–Trinajstić information content (AvgIpc) is 2.80. The molecule has 11 heteroatoms. The van der Waals surface area contributed by atoms with Gasteiger partial charge in [0.05, 0.1) is 29.9 Å². The van der Waals surface area contributed by atoms with Crippen LogP contribution in [0.1, 0.15) is 43.2 Å². The van der Waals surface area contributed by atoms with Crippen molar-refractivity contribution in [1.29, 1.82) is 0 Å². The standard InChI is InChI=1S/C23H26ClF3N6O/c1-5-7-8-11-31-32(4)19-10-9-17(24)12-18(19)22(34)33(6-2)16(3)13-29-21-15-28-20(14-30-21)23(25,26)27/h9-12,14-16H,5-6,13H2,1-4H3,(H,29,30)/b31-11-/t16-/m0/s1. The van der Waals surface area contributed by atoms with Gasteiger partial charge in [-0.05, 0) is 32.0 Å². The molecule has 2 aromatic rings. The van der Waals surface area contributed by atoms with Crippen LogP contribution in [0, 0.1) is 11.8 Å². The summed E-state index contributed by atoms with van der Waals surface area (Å²) in [6, 6.07) is 4.63. The monoisotopic (exact) mass is 494 g/mol. The number of halogens is 4. The van der Waals surface area contributed by atoms with Crippen molar-refractivity contribution in [2.75, 3.05) is 30.5 Å². The van der Waals surface area contributed by atoms with Gasteiger partial charge in [0.25, 0.3) is 5.91 Å². The Bertz CT molecular complexity index is 1060. The SMILES string of the molecule is CCC#C/C=N\N(C)c1ccc(Cl)cc1C(=O)N(CC)[C@@H](C)CNc1cnc(C(F)(F)F)cn1. The number of anilines is 2. The van der Waals surface area contributed by atoms with Crippen molar-refractivity contribution in [2.45, 2.75) is 39.4 Å². The van der Waals surface area contributed by atoms with Gasteiger partial charge in [-0.3, -0.25) is 9.80 Å². The molecule has 0 aliphatic heterocycles. The lowest BCUT2D eigenvalue weighted by Crippen LogP contribution is -2.42. The number of hydrogen-bond donors (Lipinski definition) is 1. The van der Waals surface area contributed by atoms with Gasteiger partial charge in [-0.2, -0.15) is 18.3 Å². The molecule has 1 N–H and O–H groups in total. The van der Waals surface area contributed by atoms with E-state index in [1.165, 1.54) is 6.21 Å². The normalized spacial score (nSPS) is 12.1. The zero-order valence-corrected chi connectivity index (χ0v) is 20.1. The fraction of sp³-hybridized carbons (Fsp3) is 0.391. The van der Waals surface area contributed by atoms with Crippen LogP contribution in [0.3, 0.4) is 0 Å². The molecule has 0 saturated heterocycles. The lowest BCUT2D eigenvalue weighted by molar-refractivity contribution is -0.141. The van der Waals surface area contributed by atoms with Crippen LogP contribution in [0.15, 0.2) is 35.7 Å². The van der Waals surface area contributed by atoms with E-state index < -0.39 is 11.9 Å². The Morgan fingerprint density at radius 3 is 2.62 bits per heavy atom. The molecule has 0 saturated carbocycles. The molecule has 1 aromatic heterocycles. The fourth-order valence-electron chi connectivity index (χ4n) is 3.03. The Balaban J connectivity index is 2.17. The van der Waals surface area contributed by atoms with Gasteiger partial charge in [-0.25, -0.2) is 9.97 Å². The van der Waals surface area contributed by atoms with Gasteiger partial charge < -0.3 is 10.2 Å². The number of rotatable bonds is 8. The number of amides is 1. The third kappa shape index (κ3) is 7.35. The number of carbonyl (C=O) groups excluding carboxylic acids is 1. The van der Waals surface area contributed by atoms with Crippen molar-refractivity contribution in [3.8, 4) is 11.8 Å². The van der Waals surface area contributed by atoms with E-state index >= 15 is 0 Å². The highest BCUT2D eigenvalue weighted by Gasteiger charge is 2.32. The minimum absolute atomic E-state index is 0.175. The first-order valence-electron chi connectivity index (χ1n) is 10.6. The number of likely N-dealkylation sites (N-methyl/N-ethyl adjacent to an activating group) is 1. The predicted molar refractivity (Wildman–Crippen MR) is 128 cm³/mol. The fourth-order valence-corrected chi connectivity index (χ4v) is 3.20. The zero-order chi connectivity index (χ0) is 25.3. The van der Waals surface area contributed by atoms with Crippen molar-refractivity contribution in [3.05, 3.63) is 46.9 Å². The summed E-state index contributed by atoms with van der Waals surface area (Å²) in [5.41, 5.74) is -0.160. The van der Waals surface area contributed by atoms with Gasteiger partial charge >= 0.3 is 6.18 Å². The van der Waals surface area contributed by atoms with Crippen LogP contribution < -0.4 is 10.3 Å². The molecular formula is C23H26ClF3N6O. The van der Waals surface area contributed by atoms with Crippen LogP contribution in [0.4, 0.5) is 24.7 Å². The van der Waals surface area contributed by atoms with E-state index in [0.717, 1.165) is 6.20 Å². The molecule has 182 valence electrons. The first kappa shape index (κ1) is 26.9. The minimum atomic E-state index is -4.56. The lowest BCUT2D eigenvalue weighted by Gasteiger charge is -2.30. The van der Waals surface area contributed by atoms with E-state index in [-0.39, 0.29) is 24.3 Å². The quantitative estimate of drug-likeness (QED) is 0.319. The van der Waals surface area contributed by atoms with E-state index in [2.05, 4.69) is 32.2 Å². The summed E-state index contributed by atoms with van der Waals surface area (Å²) in [6.07, 6.45) is -0.720. The number of alkyl halides is 3. The Labute approximate surface area is 202 Å². The summed E-state index contributed by atoms with van der Waals surface area (Å²) in [5, 5.41) is 9.12. The Hall–Kier alpha value is -3.32. The minimum Gasteiger partial charge on any atom is -0.367 e. The molecule has 0 fully saturated rings. The molecular weight excluding hydrogens is 469 g/mol. The highest BCUT2D eigenvalue weighted by Crippen LogP contribution is 2.27. The van der Waals surface area contributed by atoms with Gasteiger partial charge in [0.2, 0.25) is 0 Å². The van der Waals surface area contributed by atoms with Crippen molar-refractivity contribution in [1.82, 2.24) is 14.9 Å². The van der Waals surface area contributed by atoms with Crippen LogP contribution in [-0.4, -0.2) is 53.2 Å².